The molecule has 1 aliphatic rings. The molecule has 2 aromatic heterocycles. The summed E-state index contributed by atoms with van der Waals surface area (Å²) >= 11 is 0. The number of aromatic nitrogens is 3. The Morgan fingerprint density at radius 2 is 1.71 bits per heavy atom. The Morgan fingerprint density at radius 1 is 1.03 bits per heavy atom. The van der Waals surface area contributed by atoms with E-state index in [-0.39, 0.29) is 17.9 Å². The molecule has 1 aliphatic heterocycles. The van der Waals surface area contributed by atoms with Gasteiger partial charge in [0, 0.05) is 34.5 Å². The van der Waals surface area contributed by atoms with Crippen molar-refractivity contribution in [1.29, 1.82) is 0 Å². The number of carbonyl (C=O) groups excluding carboxylic acids is 1. The zero-order valence-electron chi connectivity index (χ0n) is 17.8. The Morgan fingerprint density at radius 3 is 2.35 bits per heavy atom. The number of hydrogen-bond acceptors (Lipinski definition) is 7. The molecular formula is C23H27N7O. The van der Waals surface area contributed by atoms with Gasteiger partial charge in [-0.25, -0.2) is 15.0 Å². The van der Waals surface area contributed by atoms with Crippen LogP contribution in [0, 0.1) is 6.92 Å². The molecule has 8 nitrogen and oxygen atoms in total. The number of anilines is 2. The lowest BCUT2D eigenvalue weighted by Crippen LogP contribution is -2.43. The summed E-state index contributed by atoms with van der Waals surface area (Å²) in [6, 6.07) is 11.3. The Bertz CT molecular complexity index is 1070. The van der Waals surface area contributed by atoms with Crippen LogP contribution >= 0.6 is 0 Å². The maximum absolute atomic E-state index is 12.7. The van der Waals surface area contributed by atoms with Crippen molar-refractivity contribution in [1.82, 2.24) is 25.2 Å². The maximum atomic E-state index is 12.7. The highest BCUT2D eigenvalue weighted by Gasteiger charge is 2.20. The predicted octanol–water partition coefficient (Wildman–Crippen LogP) is 2.50. The number of aryl methyl sites for hydroxylation is 1. The van der Waals surface area contributed by atoms with Crippen LogP contribution in [-0.2, 0) is 0 Å². The molecule has 0 atom stereocenters. The molecule has 1 aromatic carbocycles. The summed E-state index contributed by atoms with van der Waals surface area (Å²) < 4.78 is 0. The van der Waals surface area contributed by atoms with Crippen molar-refractivity contribution in [2.75, 3.05) is 31.6 Å². The second kappa shape index (κ2) is 8.69. The predicted molar refractivity (Wildman–Crippen MR) is 122 cm³/mol. The van der Waals surface area contributed by atoms with Crippen LogP contribution in [0.25, 0.3) is 22.4 Å². The van der Waals surface area contributed by atoms with E-state index in [0.717, 1.165) is 48.3 Å². The summed E-state index contributed by atoms with van der Waals surface area (Å²) in [6.07, 6.45) is 3.64. The third-order valence-electron chi connectivity index (χ3n) is 5.66. The highest BCUT2D eigenvalue weighted by atomic mass is 16.1. The first-order valence-corrected chi connectivity index (χ1v) is 10.4. The van der Waals surface area contributed by atoms with E-state index >= 15 is 0 Å². The molecule has 0 bridgehead atoms. The quantitative estimate of drug-likeness (QED) is 0.596. The SMILES string of the molecule is Cc1nc(N)nc(-c2ccc(C(=O)NC3CCN(C)CC3)cc2)c1-c1ccc(N)nc1. The normalized spacial score (nSPS) is 15.0. The number of benzene rings is 1. The van der Waals surface area contributed by atoms with Crippen LogP contribution in [0.15, 0.2) is 42.6 Å². The molecule has 1 fully saturated rings. The third kappa shape index (κ3) is 4.64. The van der Waals surface area contributed by atoms with Crippen LogP contribution in [-0.4, -0.2) is 51.9 Å². The van der Waals surface area contributed by atoms with Crippen molar-refractivity contribution >= 4 is 17.7 Å². The van der Waals surface area contributed by atoms with Crippen LogP contribution in [0.3, 0.4) is 0 Å². The topological polar surface area (TPSA) is 123 Å². The van der Waals surface area contributed by atoms with Gasteiger partial charge in [0.25, 0.3) is 5.91 Å². The lowest BCUT2D eigenvalue weighted by atomic mass is 9.98. The van der Waals surface area contributed by atoms with E-state index in [1.165, 1.54) is 0 Å². The summed E-state index contributed by atoms with van der Waals surface area (Å²) in [5.74, 6) is 0.588. The van der Waals surface area contributed by atoms with E-state index in [1.807, 2.05) is 37.3 Å². The molecule has 0 spiro atoms. The van der Waals surface area contributed by atoms with E-state index < -0.39 is 0 Å². The van der Waals surface area contributed by atoms with E-state index in [4.69, 9.17) is 11.5 Å². The number of nitrogens with two attached hydrogens (primary N) is 2. The van der Waals surface area contributed by atoms with Gasteiger partial charge in [-0.3, -0.25) is 4.79 Å². The number of nitrogen functional groups attached to an aromatic ring is 2. The van der Waals surface area contributed by atoms with Crippen LogP contribution < -0.4 is 16.8 Å². The highest BCUT2D eigenvalue weighted by molar-refractivity contribution is 5.95. The van der Waals surface area contributed by atoms with Crippen molar-refractivity contribution in [3.8, 4) is 22.4 Å². The fraction of sp³-hybridized carbons (Fsp3) is 0.304. The molecule has 31 heavy (non-hydrogen) atoms. The lowest BCUT2D eigenvalue weighted by Gasteiger charge is -2.29. The number of likely N-dealkylation sites (tertiary alicyclic amines) is 1. The van der Waals surface area contributed by atoms with Gasteiger partial charge in [-0.15, -0.1) is 0 Å². The average Bonchev–Trinajstić information content (AvgIpc) is 2.76. The van der Waals surface area contributed by atoms with Crippen molar-refractivity contribution < 1.29 is 4.79 Å². The first-order chi connectivity index (χ1) is 14.9. The Kier molecular flexibility index (Phi) is 5.81. The molecule has 0 radical (unpaired) electrons. The number of rotatable bonds is 4. The number of hydrogen-bond donors (Lipinski definition) is 3. The summed E-state index contributed by atoms with van der Waals surface area (Å²) in [6.45, 7) is 3.89. The molecular weight excluding hydrogens is 390 g/mol. The van der Waals surface area contributed by atoms with Crippen molar-refractivity contribution in [2.45, 2.75) is 25.8 Å². The second-order valence-electron chi connectivity index (χ2n) is 7.99. The third-order valence-corrected chi connectivity index (χ3v) is 5.66. The van der Waals surface area contributed by atoms with Gasteiger partial charge >= 0.3 is 0 Å². The first kappa shape index (κ1) is 20.7. The van der Waals surface area contributed by atoms with Crippen LogP contribution in [0.1, 0.15) is 28.9 Å². The standard InChI is InChI=1S/C23H27N7O/c1-14-20(17-7-8-19(24)26-13-17)21(29-23(25)27-14)15-3-5-16(6-4-15)22(31)28-18-9-11-30(2)12-10-18/h3-8,13,18H,9-12H2,1-2H3,(H2,24,26)(H,28,31)(H2,25,27,29). The average molecular weight is 418 g/mol. The fourth-order valence-corrected chi connectivity index (χ4v) is 3.90. The summed E-state index contributed by atoms with van der Waals surface area (Å²) in [5, 5.41) is 3.14. The molecule has 1 amide bonds. The number of nitrogens with one attached hydrogen (secondary N) is 1. The largest absolute Gasteiger partial charge is 0.384 e. The Labute approximate surface area is 181 Å². The molecule has 0 aliphatic carbocycles. The van der Waals surface area contributed by atoms with Gasteiger partial charge < -0.3 is 21.7 Å². The molecule has 0 saturated carbocycles. The van der Waals surface area contributed by atoms with Gasteiger partial charge in [-0.05, 0) is 64.2 Å². The Hall–Kier alpha value is -3.52. The second-order valence-corrected chi connectivity index (χ2v) is 7.99. The lowest BCUT2D eigenvalue weighted by molar-refractivity contribution is 0.0917. The van der Waals surface area contributed by atoms with Crippen molar-refractivity contribution in [2.24, 2.45) is 0 Å². The molecule has 160 valence electrons. The van der Waals surface area contributed by atoms with Gasteiger partial charge in [0.1, 0.15) is 5.82 Å². The van der Waals surface area contributed by atoms with Gasteiger partial charge in [-0.2, -0.15) is 0 Å². The number of pyridine rings is 1. The van der Waals surface area contributed by atoms with Crippen molar-refractivity contribution in [3.63, 3.8) is 0 Å². The van der Waals surface area contributed by atoms with Gasteiger partial charge in [-0.1, -0.05) is 12.1 Å². The number of amides is 1. The first-order valence-electron chi connectivity index (χ1n) is 10.4. The Balaban J connectivity index is 1.60. The van der Waals surface area contributed by atoms with E-state index in [9.17, 15) is 4.79 Å². The monoisotopic (exact) mass is 417 g/mol. The van der Waals surface area contributed by atoms with Gasteiger partial charge in [0.15, 0.2) is 0 Å². The molecule has 4 rings (SSSR count). The fourth-order valence-electron chi connectivity index (χ4n) is 3.90. The molecule has 8 heteroatoms. The number of nitrogens with zero attached hydrogens (tertiary/aromatic N) is 4. The zero-order chi connectivity index (χ0) is 22.0. The van der Waals surface area contributed by atoms with Gasteiger partial charge in [0.2, 0.25) is 5.95 Å². The van der Waals surface area contributed by atoms with Crippen LogP contribution in [0.2, 0.25) is 0 Å². The summed E-state index contributed by atoms with van der Waals surface area (Å²) in [5.41, 5.74) is 16.3. The highest BCUT2D eigenvalue weighted by Crippen LogP contribution is 2.33. The van der Waals surface area contributed by atoms with E-state index in [1.54, 1.807) is 12.3 Å². The minimum absolute atomic E-state index is 0.0533. The summed E-state index contributed by atoms with van der Waals surface area (Å²) in [4.78, 5) is 27.9. The molecule has 1 saturated heterocycles. The minimum Gasteiger partial charge on any atom is -0.384 e. The van der Waals surface area contributed by atoms with Crippen molar-refractivity contribution in [3.05, 3.63) is 53.9 Å². The minimum atomic E-state index is -0.0533. The van der Waals surface area contributed by atoms with Crippen LogP contribution in [0.5, 0.6) is 0 Å². The number of piperidine rings is 1. The van der Waals surface area contributed by atoms with Gasteiger partial charge in [0.05, 0.1) is 11.4 Å². The molecule has 3 aromatic rings. The van der Waals surface area contributed by atoms with Crippen LogP contribution in [0.4, 0.5) is 11.8 Å². The molecule has 5 N–H and O–H groups in total. The van der Waals surface area contributed by atoms with E-state index in [0.29, 0.717) is 17.1 Å². The number of carbonyl (C=O) groups is 1. The smallest absolute Gasteiger partial charge is 0.251 e. The summed E-state index contributed by atoms with van der Waals surface area (Å²) in [7, 11) is 2.10. The molecule has 3 heterocycles. The molecule has 0 unspecified atom stereocenters. The van der Waals surface area contributed by atoms with E-state index in [2.05, 4.69) is 32.2 Å². The maximum Gasteiger partial charge on any atom is 0.251 e. The zero-order valence-corrected chi connectivity index (χ0v) is 17.8.